The fourth-order valence-corrected chi connectivity index (χ4v) is 4.62. The molecule has 2 heterocycles. The maximum Gasteiger partial charge on any atom is 0.329 e. The summed E-state index contributed by atoms with van der Waals surface area (Å²) < 4.78 is 15.9. The molecule has 1 unspecified atom stereocenters. The molecule has 2 fully saturated rings. The van der Waals surface area contributed by atoms with Gasteiger partial charge in [0, 0.05) is 19.1 Å². The Labute approximate surface area is 190 Å². The second-order valence-electron chi connectivity index (χ2n) is 9.17. The molecule has 3 aromatic rings. The minimum absolute atomic E-state index is 0.00511. The van der Waals surface area contributed by atoms with Gasteiger partial charge >= 0.3 is 5.69 Å². The fraction of sp³-hybridized carbons (Fsp3) is 0.400. The van der Waals surface area contributed by atoms with Gasteiger partial charge in [-0.25, -0.2) is 9.18 Å². The second kappa shape index (κ2) is 8.94. The molecule has 1 aromatic heterocycles. The average Bonchev–Trinajstić information content (AvgIpc) is 3.54. The lowest BCUT2D eigenvalue weighted by atomic mass is 10.1. The van der Waals surface area contributed by atoms with E-state index in [2.05, 4.69) is 15.2 Å². The summed E-state index contributed by atoms with van der Waals surface area (Å²) in [6.07, 6.45) is 4.75. The van der Waals surface area contributed by atoms with Gasteiger partial charge in [0.05, 0.1) is 23.0 Å². The van der Waals surface area contributed by atoms with Crippen LogP contribution in [0.4, 0.5) is 4.39 Å². The highest BCUT2D eigenvalue weighted by molar-refractivity contribution is 5.95. The van der Waals surface area contributed by atoms with Crippen LogP contribution in [0.1, 0.15) is 41.6 Å². The van der Waals surface area contributed by atoms with E-state index in [9.17, 15) is 18.8 Å². The Balaban J connectivity index is 1.32. The topological polar surface area (TPSA) is 87.2 Å². The summed E-state index contributed by atoms with van der Waals surface area (Å²) in [5.74, 6) is -0.164. The van der Waals surface area contributed by atoms with Crippen LogP contribution < -0.4 is 16.6 Å². The number of H-pyrrole nitrogens is 1. The number of aromatic amines is 1. The molecule has 1 saturated heterocycles. The summed E-state index contributed by atoms with van der Waals surface area (Å²) in [6.45, 7) is 2.90. The molecule has 2 N–H and O–H groups in total. The van der Waals surface area contributed by atoms with E-state index in [0.29, 0.717) is 16.5 Å². The van der Waals surface area contributed by atoms with Crippen LogP contribution in [0.15, 0.2) is 52.1 Å². The van der Waals surface area contributed by atoms with Gasteiger partial charge in [0.25, 0.3) is 11.5 Å². The average molecular weight is 451 g/mol. The van der Waals surface area contributed by atoms with E-state index >= 15 is 0 Å². The third-order valence-corrected chi connectivity index (χ3v) is 6.68. The van der Waals surface area contributed by atoms with Crippen LogP contribution in [0.2, 0.25) is 0 Å². The molecule has 1 aliphatic heterocycles. The number of amides is 1. The Hall–Kier alpha value is -3.26. The van der Waals surface area contributed by atoms with Crippen molar-refractivity contribution in [2.24, 2.45) is 5.92 Å². The number of carbonyl (C=O) groups is 1. The predicted octanol–water partition coefficient (Wildman–Crippen LogP) is 2.48. The Kier molecular flexibility index (Phi) is 5.85. The number of benzene rings is 2. The lowest BCUT2D eigenvalue weighted by Crippen LogP contribution is -2.37. The first-order valence-electron chi connectivity index (χ1n) is 11.5. The number of fused-ring (bicyclic) bond motifs is 1. The van der Waals surface area contributed by atoms with Gasteiger partial charge in [-0.15, -0.1) is 0 Å². The highest BCUT2D eigenvalue weighted by atomic mass is 19.1. The van der Waals surface area contributed by atoms with Crippen LogP contribution in [-0.2, 0) is 6.54 Å². The number of aromatic nitrogens is 2. The summed E-state index contributed by atoms with van der Waals surface area (Å²) in [4.78, 5) is 42.1. The van der Waals surface area contributed by atoms with Crippen LogP contribution in [0, 0.1) is 11.7 Å². The number of halogens is 1. The van der Waals surface area contributed by atoms with Crippen LogP contribution in [0.3, 0.4) is 0 Å². The molecule has 33 heavy (non-hydrogen) atoms. The van der Waals surface area contributed by atoms with E-state index in [1.165, 1.54) is 36.0 Å². The smallest absolute Gasteiger partial charge is 0.329 e. The Morgan fingerprint density at radius 2 is 1.94 bits per heavy atom. The minimum Gasteiger partial charge on any atom is -0.348 e. The van der Waals surface area contributed by atoms with Crippen molar-refractivity contribution in [3.63, 3.8) is 0 Å². The number of likely N-dealkylation sites (tertiary alicyclic amines) is 1. The van der Waals surface area contributed by atoms with Crippen molar-refractivity contribution in [3.05, 3.63) is 80.2 Å². The summed E-state index contributed by atoms with van der Waals surface area (Å²) in [5.41, 5.74) is 0.0443. The van der Waals surface area contributed by atoms with E-state index in [0.717, 1.165) is 32.0 Å². The highest BCUT2D eigenvalue weighted by Crippen LogP contribution is 2.32. The standard InChI is InChI=1S/C25H27FN4O3/c26-21-8-7-17(14-30-22-4-2-1-3-19(22)23(31)28-25(30)33)13-20(21)24(32)27-18-10-12-29(15-18)11-9-16-5-6-16/h1-4,7-8,13,16,18H,5-6,9-12,14-15H2,(H,27,32)(H,28,31,33). The van der Waals surface area contributed by atoms with Crippen molar-refractivity contribution >= 4 is 16.8 Å². The third kappa shape index (κ3) is 4.75. The summed E-state index contributed by atoms with van der Waals surface area (Å²) in [6, 6.07) is 11.1. The quantitative estimate of drug-likeness (QED) is 0.579. The molecule has 7 nitrogen and oxygen atoms in total. The maximum atomic E-state index is 14.5. The Morgan fingerprint density at radius 3 is 2.76 bits per heavy atom. The lowest BCUT2D eigenvalue weighted by Gasteiger charge is -2.17. The monoisotopic (exact) mass is 450 g/mol. The maximum absolute atomic E-state index is 14.5. The van der Waals surface area contributed by atoms with Crippen molar-refractivity contribution < 1.29 is 9.18 Å². The van der Waals surface area contributed by atoms with Gasteiger partial charge in [0.1, 0.15) is 5.82 Å². The number of hydrogen-bond donors (Lipinski definition) is 2. The SMILES string of the molecule is O=C(NC1CCN(CCC2CC2)C1)c1cc(Cn2c(=O)[nH]c(=O)c3ccccc32)ccc1F. The van der Waals surface area contributed by atoms with Crippen molar-refractivity contribution in [2.45, 2.75) is 38.3 Å². The first-order chi connectivity index (χ1) is 16.0. The van der Waals surface area contributed by atoms with Crippen molar-refractivity contribution in [2.75, 3.05) is 19.6 Å². The van der Waals surface area contributed by atoms with Crippen LogP contribution in [-0.4, -0.2) is 46.0 Å². The largest absolute Gasteiger partial charge is 0.348 e. The summed E-state index contributed by atoms with van der Waals surface area (Å²) in [7, 11) is 0. The number of para-hydroxylation sites is 1. The van der Waals surface area contributed by atoms with Gasteiger partial charge in [0.2, 0.25) is 0 Å². The molecule has 0 bridgehead atoms. The third-order valence-electron chi connectivity index (χ3n) is 6.68. The molecule has 1 atom stereocenters. The first kappa shape index (κ1) is 21.6. The fourth-order valence-electron chi connectivity index (χ4n) is 4.62. The molecule has 1 aliphatic carbocycles. The van der Waals surface area contributed by atoms with Gasteiger partial charge < -0.3 is 10.2 Å². The molecule has 2 aliphatic rings. The molecule has 0 radical (unpaired) electrons. The number of nitrogens with one attached hydrogen (secondary N) is 2. The van der Waals surface area contributed by atoms with Gasteiger partial charge in [-0.3, -0.25) is 19.1 Å². The lowest BCUT2D eigenvalue weighted by molar-refractivity contribution is 0.0933. The Morgan fingerprint density at radius 1 is 1.12 bits per heavy atom. The molecule has 5 rings (SSSR count). The van der Waals surface area contributed by atoms with Crippen LogP contribution >= 0.6 is 0 Å². The zero-order chi connectivity index (χ0) is 22.9. The van der Waals surface area contributed by atoms with Crippen LogP contribution in [0.25, 0.3) is 10.9 Å². The van der Waals surface area contributed by atoms with E-state index in [-0.39, 0.29) is 18.2 Å². The number of carbonyl (C=O) groups excluding carboxylic acids is 1. The molecular formula is C25H27FN4O3. The minimum atomic E-state index is -0.599. The number of hydrogen-bond acceptors (Lipinski definition) is 4. The molecule has 172 valence electrons. The Bertz CT molecular complexity index is 1310. The van der Waals surface area contributed by atoms with Crippen molar-refractivity contribution in [3.8, 4) is 0 Å². The zero-order valence-corrected chi connectivity index (χ0v) is 18.4. The van der Waals surface area contributed by atoms with E-state index in [1.54, 1.807) is 30.3 Å². The highest BCUT2D eigenvalue weighted by Gasteiger charge is 2.27. The number of rotatable bonds is 7. The summed E-state index contributed by atoms with van der Waals surface area (Å²) >= 11 is 0. The van der Waals surface area contributed by atoms with Gasteiger partial charge in [-0.2, -0.15) is 0 Å². The van der Waals surface area contributed by atoms with Crippen molar-refractivity contribution in [1.29, 1.82) is 0 Å². The first-order valence-corrected chi connectivity index (χ1v) is 11.5. The normalized spacial score (nSPS) is 18.6. The van der Waals surface area contributed by atoms with Gasteiger partial charge in [-0.1, -0.05) is 31.0 Å². The molecule has 8 heteroatoms. The molecule has 2 aromatic carbocycles. The van der Waals surface area contributed by atoms with Crippen LogP contribution in [0.5, 0.6) is 0 Å². The van der Waals surface area contributed by atoms with E-state index in [4.69, 9.17) is 0 Å². The number of nitrogens with zero attached hydrogens (tertiary/aromatic N) is 2. The molecule has 1 saturated carbocycles. The van der Waals surface area contributed by atoms with Gasteiger partial charge in [0.15, 0.2) is 0 Å². The second-order valence-corrected chi connectivity index (χ2v) is 9.17. The van der Waals surface area contributed by atoms with Gasteiger partial charge in [-0.05, 0) is 55.1 Å². The molecular weight excluding hydrogens is 423 g/mol. The molecule has 0 spiro atoms. The predicted molar refractivity (Wildman–Crippen MR) is 124 cm³/mol. The molecule has 1 amide bonds. The van der Waals surface area contributed by atoms with E-state index in [1.807, 2.05) is 0 Å². The zero-order valence-electron chi connectivity index (χ0n) is 18.4. The van der Waals surface area contributed by atoms with Crippen molar-refractivity contribution in [1.82, 2.24) is 19.8 Å². The summed E-state index contributed by atoms with van der Waals surface area (Å²) in [5, 5.41) is 3.37. The van der Waals surface area contributed by atoms with E-state index < -0.39 is 23.0 Å².